The Bertz CT molecular complexity index is 798. The molecule has 0 aliphatic heterocycles. The van der Waals surface area contributed by atoms with Gasteiger partial charge in [0.15, 0.2) is 5.75 Å². The lowest BCUT2D eigenvalue weighted by Gasteiger charge is -2.08. The molecule has 0 atom stereocenters. The maximum Gasteiger partial charge on any atom is 0.171 e. The average Bonchev–Trinajstić information content (AvgIpc) is 2.88. The Morgan fingerprint density at radius 2 is 1.92 bits per heavy atom. The summed E-state index contributed by atoms with van der Waals surface area (Å²) in [6.45, 7) is 1.93. The van der Waals surface area contributed by atoms with Gasteiger partial charge < -0.3 is 4.74 Å². The van der Waals surface area contributed by atoms with E-state index in [9.17, 15) is 0 Å². The lowest BCUT2D eigenvalue weighted by molar-refractivity contribution is 0.472. The fraction of sp³-hybridized carbons (Fsp3) is 0.222. The minimum absolute atomic E-state index is 0.539. The quantitative estimate of drug-likeness (QED) is 0.640. The lowest BCUT2D eigenvalue weighted by Crippen LogP contribution is -1.94. The van der Waals surface area contributed by atoms with Gasteiger partial charge in [-0.3, -0.25) is 10.1 Å². The molecule has 4 nitrogen and oxygen atoms in total. The van der Waals surface area contributed by atoms with Crippen LogP contribution in [0.1, 0.15) is 23.4 Å². The van der Waals surface area contributed by atoms with Gasteiger partial charge in [-0.25, -0.2) is 0 Å². The van der Waals surface area contributed by atoms with Gasteiger partial charge >= 0.3 is 0 Å². The standard InChI is InChI=1S/C18H17Cl2N3O/c1-12-18(24-16-9-14(19)8-15(20)10-16)17(23-22-12)6-2-4-13-5-3-7-21-11-13/h3,5,7-11H,2,4,6H2,1H3,(H,22,23). The number of nitrogens with one attached hydrogen (secondary N) is 1. The van der Waals surface area contributed by atoms with Crippen LogP contribution in [0.15, 0.2) is 42.7 Å². The van der Waals surface area contributed by atoms with Crippen LogP contribution in [-0.4, -0.2) is 15.2 Å². The molecule has 3 rings (SSSR count). The molecule has 0 aliphatic carbocycles. The van der Waals surface area contributed by atoms with E-state index in [4.69, 9.17) is 27.9 Å². The summed E-state index contributed by atoms with van der Waals surface area (Å²) in [7, 11) is 0. The first kappa shape index (κ1) is 16.8. The van der Waals surface area contributed by atoms with E-state index in [0.717, 1.165) is 36.4 Å². The van der Waals surface area contributed by atoms with Crippen LogP contribution in [-0.2, 0) is 12.8 Å². The largest absolute Gasteiger partial charge is 0.453 e. The predicted molar refractivity (Wildman–Crippen MR) is 96.1 cm³/mol. The molecule has 0 fully saturated rings. The van der Waals surface area contributed by atoms with E-state index in [1.807, 2.05) is 19.2 Å². The summed E-state index contributed by atoms with van der Waals surface area (Å²) in [4.78, 5) is 4.13. The third kappa shape index (κ3) is 4.28. The second-order valence-corrected chi connectivity index (χ2v) is 6.42. The third-order valence-electron chi connectivity index (χ3n) is 3.62. The van der Waals surface area contributed by atoms with Crippen molar-refractivity contribution in [1.82, 2.24) is 15.2 Å². The van der Waals surface area contributed by atoms with Crippen LogP contribution in [0.25, 0.3) is 0 Å². The fourth-order valence-electron chi connectivity index (χ4n) is 2.49. The van der Waals surface area contributed by atoms with Gasteiger partial charge in [-0.1, -0.05) is 29.3 Å². The van der Waals surface area contributed by atoms with Crippen molar-refractivity contribution in [3.63, 3.8) is 0 Å². The Balaban J connectivity index is 1.69. The number of pyridine rings is 1. The van der Waals surface area contributed by atoms with Gasteiger partial charge in [0.25, 0.3) is 0 Å². The molecule has 0 radical (unpaired) electrons. The average molecular weight is 362 g/mol. The molecule has 124 valence electrons. The van der Waals surface area contributed by atoms with Gasteiger partial charge in [0.1, 0.15) is 11.4 Å². The van der Waals surface area contributed by atoms with Gasteiger partial charge in [-0.05, 0) is 56.0 Å². The highest BCUT2D eigenvalue weighted by Gasteiger charge is 2.13. The normalized spacial score (nSPS) is 10.8. The van der Waals surface area contributed by atoms with E-state index in [2.05, 4.69) is 21.2 Å². The maximum atomic E-state index is 6.03. The van der Waals surface area contributed by atoms with Gasteiger partial charge in [-0.15, -0.1) is 0 Å². The van der Waals surface area contributed by atoms with Gasteiger partial charge in [-0.2, -0.15) is 5.10 Å². The zero-order valence-electron chi connectivity index (χ0n) is 13.2. The number of aryl methyl sites for hydroxylation is 3. The van der Waals surface area contributed by atoms with Crippen LogP contribution in [0.2, 0.25) is 10.0 Å². The van der Waals surface area contributed by atoms with E-state index in [1.54, 1.807) is 24.4 Å². The van der Waals surface area contributed by atoms with Crippen LogP contribution < -0.4 is 4.74 Å². The van der Waals surface area contributed by atoms with E-state index in [-0.39, 0.29) is 0 Å². The number of aromatic nitrogens is 3. The molecule has 0 saturated heterocycles. The Labute approximate surface area is 150 Å². The highest BCUT2D eigenvalue weighted by Crippen LogP contribution is 2.32. The topological polar surface area (TPSA) is 50.8 Å². The first-order valence-electron chi connectivity index (χ1n) is 7.68. The lowest BCUT2D eigenvalue weighted by atomic mass is 10.1. The minimum Gasteiger partial charge on any atom is -0.453 e. The second-order valence-electron chi connectivity index (χ2n) is 5.55. The number of benzene rings is 1. The van der Waals surface area contributed by atoms with E-state index in [0.29, 0.717) is 15.8 Å². The van der Waals surface area contributed by atoms with Crippen molar-refractivity contribution in [2.45, 2.75) is 26.2 Å². The molecule has 0 spiro atoms. The molecule has 1 aromatic carbocycles. The van der Waals surface area contributed by atoms with Crippen LogP contribution >= 0.6 is 23.2 Å². The van der Waals surface area contributed by atoms with Crippen molar-refractivity contribution < 1.29 is 4.74 Å². The molecule has 1 N–H and O–H groups in total. The summed E-state index contributed by atoms with van der Waals surface area (Å²) in [6.07, 6.45) is 6.39. The SMILES string of the molecule is Cc1[nH]nc(CCCc2cccnc2)c1Oc1cc(Cl)cc(Cl)c1. The van der Waals surface area contributed by atoms with Crippen LogP contribution in [0, 0.1) is 6.92 Å². The van der Waals surface area contributed by atoms with Crippen molar-refractivity contribution in [1.29, 1.82) is 0 Å². The van der Waals surface area contributed by atoms with Crippen molar-refractivity contribution in [3.05, 3.63) is 69.7 Å². The molecule has 2 heterocycles. The summed E-state index contributed by atoms with van der Waals surface area (Å²) >= 11 is 12.1. The maximum absolute atomic E-state index is 6.03. The van der Waals surface area contributed by atoms with Crippen molar-refractivity contribution in [2.75, 3.05) is 0 Å². The molecule has 0 saturated carbocycles. The third-order valence-corrected chi connectivity index (χ3v) is 4.06. The molecular formula is C18H17Cl2N3O. The van der Waals surface area contributed by atoms with Crippen molar-refractivity contribution in [3.8, 4) is 11.5 Å². The van der Waals surface area contributed by atoms with Gasteiger partial charge in [0.05, 0.1) is 5.69 Å². The fourth-order valence-corrected chi connectivity index (χ4v) is 2.99. The Kier molecular flexibility index (Phi) is 5.38. The molecule has 2 aromatic heterocycles. The molecule has 24 heavy (non-hydrogen) atoms. The van der Waals surface area contributed by atoms with Crippen LogP contribution in [0.4, 0.5) is 0 Å². The van der Waals surface area contributed by atoms with E-state index in [1.165, 1.54) is 5.56 Å². The molecule has 0 aliphatic rings. The number of rotatable bonds is 6. The molecule has 0 amide bonds. The van der Waals surface area contributed by atoms with Crippen molar-refractivity contribution in [2.24, 2.45) is 0 Å². The minimum atomic E-state index is 0.539. The summed E-state index contributed by atoms with van der Waals surface area (Å²) in [5, 5.41) is 8.42. The zero-order chi connectivity index (χ0) is 16.9. The second kappa shape index (κ2) is 7.69. The number of halogens is 2. The monoisotopic (exact) mass is 361 g/mol. The van der Waals surface area contributed by atoms with Crippen molar-refractivity contribution >= 4 is 23.2 Å². The van der Waals surface area contributed by atoms with E-state index < -0.39 is 0 Å². The number of H-pyrrole nitrogens is 1. The van der Waals surface area contributed by atoms with Crippen LogP contribution in [0.3, 0.4) is 0 Å². The molecule has 3 aromatic rings. The summed E-state index contributed by atoms with van der Waals surface area (Å²) < 4.78 is 5.97. The molecular weight excluding hydrogens is 345 g/mol. The summed E-state index contributed by atoms with van der Waals surface area (Å²) in [6, 6.07) is 9.17. The van der Waals surface area contributed by atoms with Crippen LogP contribution in [0.5, 0.6) is 11.5 Å². The number of ether oxygens (including phenoxy) is 1. The summed E-state index contributed by atoms with van der Waals surface area (Å²) in [5.74, 6) is 1.34. The molecule has 6 heteroatoms. The first-order chi connectivity index (χ1) is 11.6. The number of hydrogen-bond acceptors (Lipinski definition) is 3. The highest BCUT2D eigenvalue weighted by molar-refractivity contribution is 6.34. The zero-order valence-corrected chi connectivity index (χ0v) is 14.7. The van der Waals surface area contributed by atoms with Gasteiger partial charge in [0, 0.05) is 22.4 Å². The first-order valence-corrected chi connectivity index (χ1v) is 8.44. The number of aromatic amines is 1. The predicted octanol–water partition coefficient (Wildman–Crippen LogP) is 5.39. The number of hydrogen-bond donors (Lipinski definition) is 1. The summed E-state index contributed by atoms with van der Waals surface area (Å²) in [5.41, 5.74) is 2.99. The number of nitrogens with zero attached hydrogens (tertiary/aromatic N) is 2. The Morgan fingerprint density at radius 1 is 1.12 bits per heavy atom. The Morgan fingerprint density at radius 3 is 2.62 bits per heavy atom. The molecule has 0 bridgehead atoms. The highest BCUT2D eigenvalue weighted by atomic mass is 35.5. The Hall–Kier alpha value is -2.04. The van der Waals surface area contributed by atoms with Gasteiger partial charge in [0.2, 0.25) is 0 Å². The smallest absolute Gasteiger partial charge is 0.171 e. The van der Waals surface area contributed by atoms with E-state index >= 15 is 0 Å². The molecule has 0 unspecified atom stereocenters.